The van der Waals surface area contributed by atoms with Crippen molar-refractivity contribution >= 4 is 11.9 Å². The largest absolute Gasteiger partial charge is 0.306 e. The number of aromatic nitrogens is 2. The summed E-state index contributed by atoms with van der Waals surface area (Å²) in [5.41, 5.74) is 2.26. The van der Waals surface area contributed by atoms with Crippen LogP contribution in [0.25, 0.3) is 5.65 Å². The van der Waals surface area contributed by atoms with E-state index in [1.165, 1.54) is 0 Å². The quantitative estimate of drug-likeness (QED) is 0.624. The Morgan fingerprint density at radius 1 is 1.42 bits per heavy atom. The average Bonchev–Trinajstić information content (AvgIpc) is 2.46. The molecule has 0 spiro atoms. The van der Waals surface area contributed by atoms with Crippen molar-refractivity contribution in [1.82, 2.24) is 9.38 Å². The molecule has 0 amide bonds. The topological polar surface area (TPSA) is 34.4 Å². The molecule has 3 nitrogen and oxygen atoms in total. The van der Waals surface area contributed by atoms with E-state index < -0.39 is 0 Å². The van der Waals surface area contributed by atoms with Crippen molar-refractivity contribution in [3.63, 3.8) is 0 Å². The summed E-state index contributed by atoms with van der Waals surface area (Å²) in [5.74, 6) is 0. The van der Waals surface area contributed by atoms with Crippen LogP contribution in [-0.4, -0.2) is 15.7 Å². The third-order valence-corrected chi connectivity index (χ3v) is 1.70. The fourth-order valence-electron chi connectivity index (χ4n) is 1.15. The summed E-state index contributed by atoms with van der Waals surface area (Å²) in [5, 5.41) is 0. The number of hydrogen-bond acceptors (Lipinski definition) is 2. The maximum absolute atomic E-state index is 10.3. The number of carbonyl (C=O) groups excluding carboxylic acids is 1. The molecule has 0 saturated carbocycles. The van der Waals surface area contributed by atoms with Crippen molar-refractivity contribution < 1.29 is 4.79 Å². The van der Waals surface area contributed by atoms with Gasteiger partial charge in [-0.2, -0.15) is 0 Å². The Bertz CT molecular complexity index is 431. The van der Waals surface area contributed by atoms with Gasteiger partial charge in [-0.1, -0.05) is 6.07 Å². The van der Waals surface area contributed by atoms with Crippen LogP contribution in [0.4, 0.5) is 0 Å². The molecular formula is C9H7N2O. The molecule has 0 saturated heterocycles. The van der Waals surface area contributed by atoms with E-state index in [1.807, 2.05) is 29.7 Å². The van der Waals surface area contributed by atoms with Crippen LogP contribution in [0.1, 0.15) is 11.3 Å². The molecule has 0 atom stereocenters. The number of rotatable bonds is 1. The number of nitrogens with zero attached hydrogens (tertiary/aromatic N) is 2. The molecule has 3 heteroatoms. The van der Waals surface area contributed by atoms with E-state index in [0.29, 0.717) is 5.69 Å². The SMILES string of the molecule is Cc1ccc2nc([C]=O)cn2c1. The summed E-state index contributed by atoms with van der Waals surface area (Å²) in [4.78, 5) is 14.3. The lowest BCUT2D eigenvalue weighted by atomic mass is 10.3. The Morgan fingerprint density at radius 2 is 2.25 bits per heavy atom. The first kappa shape index (κ1) is 7.03. The normalized spacial score (nSPS) is 10.4. The highest BCUT2D eigenvalue weighted by Crippen LogP contribution is 2.05. The van der Waals surface area contributed by atoms with Crippen molar-refractivity contribution in [3.8, 4) is 0 Å². The summed E-state index contributed by atoms with van der Waals surface area (Å²) in [6, 6.07) is 3.83. The minimum absolute atomic E-state index is 0.348. The molecule has 0 aliphatic rings. The van der Waals surface area contributed by atoms with Gasteiger partial charge in [0.25, 0.3) is 6.29 Å². The van der Waals surface area contributed by atoms with Gasteiger partial charge in [0.1, 0.15) is 11.3 Å². The lowest BCUT2D eigenvalue weighted by molar-refractivity contribution is 0.561. The Labute approximate surface area is 69.7 Å². The van der Waals surface area contributed by atoms with Gasteiger partial charge in [-0.25, -0.2) is 4.98 Å². The molecule has 2 aromatic rings. The molecule has 1 radical (unpaired) electrons. The van der Waals surface area contributed by atoms with Crippen LogP contribution in [-0.2, 0) is 4.79 Å². The number of hydrogen-bond donors (Lipinski definition) is 0. The van der Waals surface area contributed by atoms with Crippen LogP contribution < -0.4 is 0 Å². The van der Waals surface area contributed by atoms with E-state index in [9.17, 15) is 4.79 Å². The van der Waals surface area contributed by atoms with Crippen LogP contribution in [0, 0.1) is 6.92 Å². The predicted octanol–water partition coefficient (Wildman–Crippen LogP) is 1.10. The van der Waals surface area contributed by atoms with Gasteiger partial charge in [-0.3, -0.25) is 4.79 Å². The standard InChI is InChI=1S/C9H7N2O/c1-7-2-3-9-10-8(6-12)5-11(9)4-7/h2-5H,1H3. The van der Waals surface area contributed by atoms with Gasteiger partial charge in [-0.05, 0) is 18.6 Å². The molecule has 2 heterocycles. The third kappa shape index (κ3) is 0.993. The zero-order chi connectivity index (χ0) is 8.55. The van der Waals surface area contributed by atoms with Crippen LogP contribution in [0.2, 0.25) is 0 Å². The molecule has 12 heavy (non-hydrogen) atoms. The fourth-order valence-corrected chi connectivity index (χ4v) is 1.15. The van der Waals surface area contributed by atoms with Crippen molar-refractivity contribution in [2.75, 3.05) is 0 Å². The Balaban J connectivity index is 2.75. The van der Waals surface area contributed by atoms with Crippen LogP contribution >= 0.6 is 0 Å². The van der Waals surface area contributed by atoms with Crippen molar-refractivity contribution in [1.29, 1.82) is 0 Å². The summed E-state index contributed by atoms with van der Waals surface area (Å²) in [7, 11) is 0. The number of aryl methyl sites for hydroxylation is 1. The van der Waals surface area contributed by atoms with Gasteiger partial charge >= 0.3 is 0 Å². The number of imidazole rings is 1. The molecule has 0 fully saturated rings. The second-order valence-electron chi connectivity index (χ2n) is 2.70. The van der Waals surface area contributed by atoms with E-state index in [1.54, 1.807) is 12.5 Å². The average molecular weight is 159 g/mol. The van der Waals surface area contributed by atoms with Crippen LogP contribution in [0.5, 0.6) is 0 Å². The monoisotopic (exact) mass is 159 g/mol. The van der Waals surface area contributed by atoms with E-state index in [0.717, 1.165) is 11.2 Å². The van der Waals surface area contributed by atoms with Gasteiger partial charge < -0.3 is 4.40 Å². The highest BCUT2D eigenvalue weighted by molar-refractivity contribution is 5.73. The minimum Gasteiger partial charge on any atom is -0.306 e. The third-order valence-electron chi connectivity index (χ3n) is 1.70. The molecule has 0 aliphatic heterocycles. The summed E-state index contributed by atoms with van der Waals surface area (Å²) in [6.07, 6.45) is 5.34. The zero-order valence-corrected chi connectivity index (χ0v) is 6.61. The highest BCUT2D eigenvalue weighted by Gasteiger charge is 1.99. The molecule has 0 N–H and O–H groups in total. The molecule has 0 unspecified atom stereocenters. The maximum atomic E-state index is 10.3. The lowest BCUT2D eigenvalue weighted by Crippen LogP contribution is -1.82. The summed E-state index contributed by atoms with van der Waals surface area (Å²) in [6.45, 7) is 1.99. The maximum Gasteiger partial charge on any atom is 0.255 e. The Morgan fingerprint density at radius 3 is 3.00 bits per heavy atom. The second kappa shape index (κ2) is 2.44. The smallest absolute Gasteiger partial charge is 0.255 e. The fraction of sp³-hybridized carbons (Fsp3) is 0.111. The summed E-state index contributed by atoms with van der Waals surface area (Å²) >= 11 is 0. The van der Waals surface area contributed by atoms with Gasteiger partial charge in [0.15, 0.2) is 0 Å². The molecule has 0 aliphatic carbocycles. The van der Waals surface area contributed by atoms with Gasteiger partial charge in [-0.15, -0.1) is 0 Å². The van der Waals surface area contributed by atoms with E-state index in [2.05, 4.69) is 4.98 Å². The molecule has 2 rings (SSSR count). The lowest BCUT2D eigenvalue weighted by Gasteiger charge is -1.92. The Kier molecular flexibility index (Phi) is 1.43. The number of pyridine rings is 1. The van der Waals surface area contributed by atoms with Crippen LogP contribution in [0.15, 0.2) is 24.5 Å². The van der Waals surface area contributed by atoms with Gasteiger partial charge in [0, 0.05) is 12.4 Å². The summed E-state index contributed by atoms with van der Waals surface area (Å²) < 4.78 is 1.82. The molecule has 0 bridgehead atoms. The Hall–Kier alpha value is -1.64. The van der Waals surface area contributed by atoms with Crippen molar-refractivity contribution in [3.05, 3.63) is 35.8 Å². The first-order valence-electron chi connectivity index (χ1n) is 3.63. The van der Waals surface area contributed by atoms with E-state index in [4.69, 9.17) is 0 Å². The minimum atomic E-state index is 0.348. The molecule has 59 valence electrons. The predicted molar refractivity (Wildman–Crippen MR) is 44.7 cm³/mol. The zero-order valence-electron chi connectivity index (χ0n) is 6.61. The molecule has 2 aromatic heterocycles. The number of fused-ring (bicyclic) bond motifs is 1. The second-order valence-corrected chi connectivity index (χ2v) is 2.70. The first-order chi connectivity index (χ1) is 5.79. The van der Waals surface area contributed by atoms with E-state index in [-0.39, 0.29) is 0 Å². The van der Waals surface area contributed by atoms with Gasteiger partial charge in [0.2, 0.25) is 0 Å². The van der Waals surface area contributed by atoms with Crippen molar-refractivity contribution in [2.24, 2.45) is 0 Å². The first-order valence-corrected chi connectivity index (χ1v) is 3.63. The van der Waals surface area contributed by atoms with Crippen LogP contribution in [0.3, 0.4) is 0 Å². The highest BCUT2D eigenvalue weighted by atomic mass is 16.1. The molecule has 0 aromatic carbocycles. The van der Waals surface area contributed by atoms with E-state index >= 15 is 0 Å². The van der Waals surface area contributed by atoms with Gasteiger partial charge in [0.05, 0.1) is 0 Å². The molecular weight excluding hydrogens is 152 g/mol. The van der Waals surface area contributed by atoms with Crippen molar-refractivity contribution in [2.45, 2.75) is 6.92 Å².